The number of carboxylic acids is 1. The molecule has 0 saturated heterocycles. The first-order valence-electron chi connectivity index (χ1n) is 8.77. The summed E-state index contributed by atoms with van der Waals surface area (Å²) < 4.78 is 5.87. The van der Waals surface area contributed by atoms with E-state index in [9.17, 15) is 9.90 Å². The second kappa shape index (κ2) is 6.71. The quantitative estimate of drug-likeness (QED) is 0.726. The van der Waals surface area contributed by atoms with Crippen LogP contribution in [0.1, 0.15) is 28.9 Å². The van der Waals surface area contributed by atoms with Gasteiger partial charge >= 0.3 is 5.97 Å². The van der Waals surface area contributed by atoms with E-state index in [4.69, 9.17) is 9.57 Å². The van der Waals surface area contributed by atoms with Crippen molar-refractivity contribution in [3.8, 4) is 5.75 Å². The highest BCUT2D eigenvalue weighted by Crippen LogP contribution is 2.32. The summed E-state index contributed by atoms with van der Waals surface area (Å²) in [7, 11) is -1.24. The van der Waals surface area contributed by atoms with Gasteiger partial charge in [-0.1, -0.05) is 24.5 Å². The number of benzene rings is 1. The summed E-state index contributed by atoms with van der Waals surface area (Å²) in [6.45, 7) is 9.93. The molecule has 3 rings (SSSR count). The van der Waals surface area contributed by atoms with E-state index in [-0.39, 0.29) is 5.69 Å². The molecule has 1 aromatic carbocycles. The molecule has 1 saturated carbocycles. The average Bonchev–Trinajstić information content (AvgIpc) is 3.25. The number of ether oxygens (including phenoxy) is 1. The number of aromatic nitrogens is 2. The molecule has 1 aliphatic rings. The van der Waals surface area contributed by atoms with Crippen LogP contribution in [0, 0.1) is 12.8 Å². The fraction of sp³-hybridized carbons (Fsp3) is 0.556. The highest BCUT2D eigenvalue weighted by Gasteiger charge is 2.24. The molecule has 6 nitrogen and oxygen atoms in total. The minimum Gasteiger partial charge on any atom is -0.493 e. The number of fused-ring (bicyclic) bond motifs is 1. The molecule has 1 fully saturated rings. The predicted molar refractivity (Wildman–Crippen MR) is 99.2 cm³/mol. The lowest BCUT2D eigenvalue weighted by Gasteiger charge is -2.15. The third kappa shape index (κ3) is 4.34. The highest BCUT2D eigenvalue weighted by atomic mass is 28.3. The molecule has 0 atom stereocenters. The zero-order valence-corrected chi connectivity index (χ0v) is 16.3. The summed E-state index contributed by atoms with van der Waals surface area (Å²) in [5, 5.41) is 14.3. The fourth-order valence-electron chi connectivity index (χ4n) is 2.66. The Bertz CT molecular complexity index is 790. The molecule has 0 aliphatic heterocycles. The smallest absolute Gasteiger partial charge is 0.357 e. The molecule has 7 heteroatoms. The van der Waals surface area contributed by atoms with Gasteiger partial charge < -0.3 is 14.7 Å². The molecule has 0 amide bonds. The monoisotopic (exact) mass is 362 g/mol. The number of aryl methyl sites for hydroxylation is 1. The van der Waals surface area contributed by atoms with Gasteiger partial charge in [-0.2, -0.15) is 0 Å². The van der Waals surface area contributed by atoms with Crippen LogP contribution in [0.5, 0.6) is 5.75 Å². The summed E-state index contributed by atoms with van der Waals surface area (Å²) in [6, 6.07) is 4.69. The summed E-state index contributed by atoms with van der Waals surface area (Å²) in [5.74, 6) is 0.347. The fourth-order valence-corrected chi connectivity index (χ4v) is 3.36. The van der Waals surface area contributed by atoms with Gasteiger partial charge in [0.1, 0.15) is 17.9 Å². The van der Waals surface area contributed by atoms with E-state index in [1.165, 1.54) is 17.7 Å². The van der Waals surface area contributed by atoms with E-state index in [2.05, 4.69) is 24.7 Å². The first kappa shape index (κ1) is 17.8. The topological polar surface area (TPSA) is 73.6 Å². The first-order chi connectivity index (χ1) is 11.7. The van der Waals surface area contributed by atoms with Gasteiger partial charge in [-0.05, 0) is 43.4 Å². The van der Waals surface area contributed by atoms with Crippen LogP contribution in [0.3, 0.4) is 0 Å². The van der Waals surface area contributed by atoms with Gasteiger partial charge in [0, 0.05) is 19.5 Å². The third-order valence-corrected chi connectivity index (χ3v) is 6.08. The Hall–Kier alpha value is -2.02. The molecule has 1 aromatic heterocycles. The highest BCUT2D eigenvalue weighted by molar-refractivity contribution is 6.76. The molecule has 1 heterocycles. The zero-order chi connectivity index (χ0) is 18.2. The lowest BCUT2D eigenvalue weighted by atomic mass is 10.1. The van der Waals surface area contributed by atoms with Crippen LogP contribution in [0.25, 0.3) is 10.9 Å². The van der Waals surface area contributed by atoms with Crippen LogP contribution in [0.4, 0.5) is 0 Å². The Morgan fingerprint density at radius 2 is 2.08 bits per heavy atom. The van der Waals surface area contributed by atoms with E-state index >= 15 is 0 Å². The standard InChI is InChI=1S/C18H26N2O4Si/c1-12-9-14(23-11-13-5-6-13)10-15-16(12)17(18(21)22)19-20(15)24-7-8-25(2,3)4/h9-10,13H,5-8,11H2,1-4H3,(H,21,22). The van der Waals surface area contributed by atoms with Crippen molar-refractivity contribution >= 4 is 24.9 Å². The largest absolute Gasteiger partial charge is 0.493 e. The summed E-state index contributed by atoms with van der Waals surface area (Å²) in [6.07, 6.45) is 2.45. The van der Waals surface area contributed by atoms with Crippen molar-refractivity contribution < 1.29 is 19.5 Å². The molecule has 25 heavy (non-hydrogen) atoms. The van der Waals surface area contributed by atoms with Crippen LogP contribution in [0.2, 0.25) is 25.7 Å². The molecule has 1 N–H and O–H groups in total. The first-order valence-corrected chi connectivity index (χ1v) is 12.5. The molecule has 0 bridgehead atoms. The SMILES string of the molecule is Cc1cc(OCC2CC2)cc2c1c(C(=O)O)nn2OCC[Si](C)(C)C. The van der Waals surface area contributed by atoms with Crippen LogP contribution in [-0.4, -0.2) is 42.3 Å². The Labute approximate surface area is 148 Å². The Morgan fingerprint density at radius 1 is 1.36 bits per heavy atom. The number of nitrogens with zero attached hydrogens (tertiary/aromatic N) is 2. The van der Waals surface area contributed by atoms with E-state index in [0.29, 0.717) is 30.0 Å². The van der Waals surface area contributed by atoms with Crippen LogP contribution >= 0.6 is 0 Å². The molecule has 136 valence electrons. The van der Waals surface area contributed by atoms with Crippen LogP contribution < -0.4 is 9.57 Å². The summed E-state index contributed by atoms with van der Waals surface area (Å²) in [4.78, 5) is 18.7. The van der Waals surface area contributed by atoms with E-state index in [1.807, 2.05) is 19.1 Å². The number of carboxylic acid groups (broad SMARTS) is 1. The number of rotatable bonds is 8. The van der Waals surface area contributed by atoms with Crippen molar-refractivity contribution in [2.75, 3.05) is 13.2 Å². The van der Waals surface area contributed by atoms with E-state index < -0.39 is 14.0 Å². The van der Waals surface area contributed by atoms with Gasteiger partial charge in [-0.3, -0.25) is 0 Å². The van der Waals surface area contributed by atoms with Gasteiger partial charge in [-0.15, -0.1) is 5.10 Å². The van der Waals surface area contributed by atoms with Crippen molar-refractivity contribution in [2.24, 2.45) is 5.92 Å². The van der Waals surface area contributed by atoms with Gasteiger partial charge in [-0.25, -0.2) is 4.79 Å². The lowest BCUT2D eigenvalue weighted by molar-refractivity contribution is 0.0668. The van der Waals surface area contributed by atoms with Crippen molar-refractivity contribution in [3.05, 3.63) is 23.4 Å². The second-order valence-corrected chi connectivity index (χ2v) is 13.7. The normalized spacial score (nSPS) is 14.7. The second-order valence-electron chi connectivity index (χ2n) is 8.06. The number of aromatic carboxylic acids is 1. The minimum atomic E-state index is -1.24. The van der Waals surface area contributed by atoms with Crippen molar-refractivity contribution in [1.82, 2.24) is 9.94 Å². The van der Waals surface area contributed by atoms with Gasteiger partial charge in [0.25, 0.3) is 0 Å². The number of carbonyl (C=O) groups is 1. The summed E-state index contributed by atoms with van der Waals surface area (Å²) >= 11 is 0. The molecular formula is C18H26N2O4Si. The number of hydrogen-bond donors (Lipinski definition) is 1. The molecule has 2 aromatic rings. The van der Waals surface area contributed by atoms with Crippen molar-refractivity contribution in [3.63, 3.8) is 0 Å². The zero-order valence-electron chi connectivity index (χ0n) is 15.3. The molecule has 0 radical (unpaired) electrons. The van der Waals surface area contributed by atoms with Gasteiger partial charge in [0.15, 0.2) is 5.69 Å². The Balaban J connectivity index is 1.91. The maximum absolute atomic E-state index is 11.6. The van der Waals surface area contributed by atoms with Gasteiger partial charge in [0.2, 0.25) is 0 Å². The molecule has 1 aliphatic carbocycles. The van der Waals surface area contributed by atoms with E-state index in [0.717, 1.165) is 17.4 Å². The van der Waals surface area contributed by atoms with Crippen LogP contribution in [-0.2, 0) is 0 Å². The predicted octanol–water partition coefficient (Wildman–Crippen LogP) is 3.60. The Morgan fingerprint density at radius 3 is 2.68 bits per heavy atom. The maximum atomic E-state index is 11.6. The maximum Gasteiger partial charge on any atom is 0.357 e. The lowest BCUT2D eigenvalue weighted by Crippen LogP contribution is -2.25. The van der Waals surface area contributed by atoms with Crippen LogP contribution in [0.15, 0.2) is 12.1 Å². The summed E-state index contributed by atoms with van der Waals surface area (Å²) in [5.41, 5.74) is 1.51. The van der Waals surface area contributed by atoms with Crippen molar-refractivity contribution in [2.45, 2.75) is 45.5 Å². The number of hydrogen-bond acceptors (Lipinski definition) is 4. The molecular weight excluding hydrogens is 336 g/mol. The van der Waals surface area contributed by atoms with E-state index in [1.54, 1.807) is 0 Å². The Kier molecular flexibility index (Phi) is 4.77. The molecule has 0 unspecified atom stereocenters. The average molecular weight is 363 g/mol. The minimum absolute atomic E-state index is 0.0225. The van der Waals surface area contributed by atoms with Crippen molar-refractivity contribution in [1.29, 1.82) is 0 Å². The third-order valence-electron chi connectivity index (χ3n) is 4.37. The molecule has 0 spiro atoms. The van der Waals surface area contributed by atoms with Gasteiger partial charge in [0.05, 0.1) is 6.61 Å².